The van der Waals surface area contributed by atoms with Crippen molar-refractivity contribution in [3.63, 3.8) is 0 Å². The molecule has 2 aliphatic rings. The lowest BCUT2D eigenvalue weighted by Crippen LogP contribution is -2.38. The van der Waals surface area contributed by atoms with E-state index in [-0.39, 0.29) is 5.91 Å². The number of piperidine rings is 1. The summed E-state index contributed by atoms with van der Waals surface area (Å²) in [5.41, 5.74) is 3.11. The largest absolute Gasteiger partial charge is 0.497 e. The van der Waals surface area contributed by atoms with Gasteiger partial charge in [-0.3, -0.25) is 4.79 Å². The predicted molar refractivity (Wildman–Crippen MR) is 124 cm³/mol. The van der Waals surface area contributed by atoms with E-state index < -0.39 is 0 Å². The molecule has 7 nitrogen and oxygen atoms in total. The van der Waals surface area contributed by atoms with E-state index in [4.69, 9.17) is 4.74 Å². The zero-order valence-electron chi connectivity index (χ0n) is 19.4. The van der Waals surface area contributed by atoms with Gasteiger partial charge < -0.3 is 18.8 Å². The highest BCUT2D eigenvalue weighted by atomic mass is 16.5. The Labute approximate surface area is 189 Å². The van der Waals surface area contributed by atoms with Crippen LogP contribution in [0.25, 0.3) is 10.9 Å². The average Bonchev–Trinajstić information content (AvgIpc) is 3.38. The highest BCUT2D eigenvalue weighted by molar-refractivity contribution is 6.09. The van der Waals surface area contributed by atoms with Crippen LogP contribution in [0.2, 0.25) is 0 Å². The Balaban J connectivity index is 1.47. The van der Waals surface area contributed by atoms with Gasteiger partial charge >= 0.3 is 0 Å². The molecule has 1 aliphatic carbocycles. The maximum absolute atomic E-state index is 13.8. The number of aryl methyl sites for hydroxylation is 1. The number of benzene rings is 1. The molecule has 1 saturated heterocycles. The van der Waals surface area contributed by atoms with Crippen LogP contribution in [0.4, 0.5) is 0 Å². The van der Waals surface area contributed by atoms with Crippen molar-refractivity contribution in [3.8, 4) is 5.75 Å². The quantitative estimate of drug-likeness (QED) is 0.600. The first-order valence-electron chi connectivity index (χ1n) is 11.9. The number of carbonyl (C=O) groups excluding carboxylic acids is 1. The maximum Gasteiger partial charge on any atom is 0.256 e. The summed E-state index contributed by atoms with van der Waals surface area (Å²) in [4.78, 5) is 15.9. The second-order valence-corrected chi connectivity index (χ2v) is 9.37. The zero-order chi connectivity index (χ0) is 22.2. The van der Waals surface area contributed by atoms with Crippen LogP contribution >= 0.6 is 0 Å². The fraction of sp³-hybridized carbons (Fsp3) is 0.560. The second kappa shape index (κ2) is 8.60. The number of methoxy groups -OCH3 is 1. The normalized spacial score (nSPS) is 18.4. The van der Waals surface area contributed by atoms with E-state index in [1.165, 1.54) is 32.1 Å². The number of aromatic nitrogens is 4. The summed E-state index contributed by atoms with van der Waals surface area (Å²) in [6, 6.07) is 6.67. The first kappa shape index (κ1) is 21.0. The topological polar surface area (TPSA) is 65.2 Å². The minimum atomic E-state index is 0.145. The number of likely N-dealkylation sites (tertiary alicyclic amines) is 1. The molecule has 0 bridgehead atoms. The molecule has 1 aliphatic heterocycles. The van der Waals surface area contributed by atoms with Crippen LogP contribution in [0, 0.1) is 6.92 Å². The van der Waals surface area contributed by atoms with Gasteiger partial charge in [-0.2, -0.15) is 0 Å². The number of amides is 1. The van der Waals surface area contributed by atoms with Crippen LogP contribution in [0.15, 0.2) is 24.5 Å². The lowest BCUT2D eigenvalue weighted by molar-refractivity contribution is 0.0711. The Bertz CT molecular complexity index is 1120. The Hall–Kier alpha value is -2.83. The number of rotatable bonds is 4. The lowest BCUT2D eigenvalue weighted by Gasteiger charge is -2.31. The molecule has 2 fully saturated rings. The Morgan fingerprint density at radius 2 is 1.84 bits per heavy atom. The van der Waals surface area contributed by atoms with Crippen LogP contribution in [0.1, 0.15) is 78.8 Å². The van der Waals surface area contributed by atoms with Crippen molar-refractivity contribution in [1.29, 1.82) is 0 Å². The molecular weight excluding hydrogens is 402 g/mol. The van der Waals surface area contributed by atoms with Crippen molar-refractivity contribution < 1.29 is 9.53 Å². The van der Waals surface area contributed by atoms with Crippen molar-refractivity contribution in [1.82, 2.24) is 24.2 Å². The fourth-order valence-electron chi connectivity index (χ4n) is 5.79. The summed E-state index contributed by atoms with van der Waals surface area (Å²) < 4.78 is 9.95. The number of hydrogen-bond donors (Lipinski definition) is 0. The van der Waals surface area contributed by atoms with E-state index >= 15 is 0 Å². The summed E-state index contributed by atoms with van der Waals surface area (Å²) in [5.74, 6) is 2.32. The molecule has 5 rings (SSSR count). The molecule has 7 heteroatoms. The van der Waals surface area contributed by atoms with Gasteiger partial charge in [-0.25, -0.2) is 0 Å². The van der Waals surface area contributed by atoms with E-state index in [2.05, 4.69) is 27.8 Å². The third-order valence-corrected chi connectivity index (χ3v) is 7.50. The first-order valence-corrected chi connectivity index (χ1v) is 11.9. The highest BCUT2D eigenvalue weighted by Gasteiger charge is 2.31. The smallest absolute Gasteiger partial charge is 0.256 e. The molecule has 32 heavy (non-hydrogen) atoms. The Morgan fingerprint density at radius 1 is 1.09 bits per heavy atom. The van der Waals surface area contributed by atoms with Gasteiger partial charge in [0.15, 0.2) is 0 Å². The monoisotopic (exact) mass is 435 g/mol. The van der Waals surface area contributed by atoms with E-state index in [0.717, 1.165) is 59.7 Å². The molecule has 3 aromatic rings. The van der Waals surface area contributed by atoms with E-state index in [0.29, 0.717) is 12.0 Å². The van der Waals surface area contributed by atoms with E-state index in [1.54, 1.807) is 13.4 Å². The number of nitrogens with zero attached hydrogens (tertiary/aromatic N) is 5. The summed E-state index contributed by atoms with van der Waals surface area (Å²) in [5, 5.41) is 9.34. The van der Waals surface area contributed by atoms with Crippen molar-refractivity contribution in [2.24, 2.45) is 7.05 Å². The first-order chi connectivity index (χ1) is 15.6. The van der Waals surface area contributed by atoms with Crippen LogP contribution in [0.3, 0.4) is 0 Å². The van der Waals surface area contributed by atoms with Gasteiger partial charge in [0.05, 0.1) is 12.7 Å². The van der Waals surface area contributed by atoms with E-state index in [1.807, 2.05) is 28.6 Å². The molecule has 0 unspecified atom stereocenters. The molecule has 170 valence electrons. The van der Waals surface area contributed by atoms with Crippen molar-refractivity contribution in [2.45, 2.75) is 63.8 Å². The zero-order valence-corrected chi connectivity index (χ0v) is 19.4. The predicted octanol–water partition coefficient (Wildman–Crippen LogP) is 4.61. The van der Waals surface area contributed by atoms with E-state index in [9.17, 15) is 4.79 Å². The molecule has 0 N–H and O–H groups in total. The minimum absolute atomic E-state index is 0.145. The van der Waals surface area contributed by atoms with Crippen molar-refractivity contribution >= 4 is 16.8 Å². The number of fused-ring (bicyclic) bond motifs is 1. The van der Waals surface area contributed by atoms with Crippen molar-refractivity contribution in [3.05, 3.63) is 41.6 Å². The SMILES string of the molecule is COc1ccc2c(c1)c(C(=O)N1CCC(c3nncn3C)CC1)c(C)n2C1CCCCC1. The van der Waals surface area contributed by atoms with Crippen LogP contribution in [0.5, 0.6) is 5.75 Å². The molecule has 3 heterocycles. The van der Waals surface area contributed by atoms with Gasteiger partial charge in [0.25, 0.3) is 5.91 Å². The second-order valence-electron chi connectivity index (χ2n) is 9.37. The molecule has 1 saturated carbocycles. The molecule has 0 atom stereocenters. The number of carbonyl (C=O) groups is 1. The van der Waals surface area contributed by atoms with Gasteiger partial charge in [0.2, 0.25) is 0 Å². The van der Waals surface area contributed by atoms with Crippen molar-refractivity contribution in [2.75, 3.05) is 20.2 Å². The summed E-state index contributed by atoms with van der Waals surface area (Å²) in [7, 11) is 3.68. The van der Waals surface area contributed by atoms with Gasteiger partial charge in [-0.05, 0) is 50.8 Å². The Kier molecular flexibility index (Phi) is 5.66. The molecule has 1 aromatic carbocycles. The average molecular weight is 436 g/mol. The third-order valence-electron chi connectivity index (χ3n) is 7.50. The molecule has 0 radical (unpaired) electrons. The lowest BCUT2D eigenvalue weighted by atomic mass is 9.95. The van der Waals surface area contributed by atoms with Gasteiger partial charge in [-0.15, -0.1) is 10.2 Å². The third kappa shape index (κ3) is 3.57. The standard InChI is InChI=1S/C25H33N5O2/c1-17-23(25(31)29-13-11-18(12-14-29)24-27-26-16-28(24)2)21-15-20(32-3)9-10-22(21)30(17)19-7-5-4-6-8-19/h9-10,15-16,18-19H,4-8,11-14H2,1-3H3. The molecule has 1 amide bonds. The molecular formula is C25H33N5O2. The molecule has 2 aromatic heterocycles. The van der Waals surface area contributed by atoms with Gasteiger partial charge in [0.1, 0.15) is 17.9 Å². The van der Waals surface area contributed by atoms with Gasteiger partial charge in [0, 0.05) is 48.7 Å². The van der Waals surface area contributed by atoms with Gasteiger partial charge in [-0.1, -0.05) is 19.3 Å². The number of hydrogen-bond acceptors (Lipinski definition) is 4. The maximum atomic E-state index is 13.8. The minimum Gasteiger partial charge on any atom is -0.497 e. The fourth-order valence-corrected chi connectivity index (χ4v) is 5.79. The summed E-state index contributed by atoms with van der Waals surface area (Å²) in [6.45, 7) is 3.62. The summed E-state index contributed by atoms with van der Waals surface area (Å²) in [6.07, 6.45) is 9.81. The number of ether oxygens (including phenoxy) is 1. The molecule has 0 spiro atoms. The highest BCUT2D eigenvalue weighted by Crippen LogP contribution is 2.38. The van der Waals surface area contributed by atoms with Crippen LogP contribution < -0.4 is 4.74 Å². The van der Waals surface area contributed by atoms with Crippen LogP contribution in [-0.4, -0.2) is 50.3 Å². The summed E-state index contributed by atoms with van der Waals surface area (Å²) >= 11 is 0. The van der Waals surface area contributed by atoms with Crippen LogP contribution in [-0.2, 0) is 7.05 Å². The Morgan fingerprint density at radius 3 is 2.50 bits per heavy atom.